The second-order valence-corrected chi connectivity index (χ2v) is 3.22. The summed E-state index contributed by atoms with van der Waals surface area (Å²) in [6, 6.07) is 3.79. The lowest BCUT2D eigenvalue weighted by Gasteiger charge is -2.20. The molecule has 4 nitrogen and oxygen atoms in total. The van der Waals surface area contributed by atoms with Gasteiger partial charge < -0.3 is 4.90 Å². The van der Waals surface area contributed by atoms with Crippen LogP contribution in [0.15, 0.2) is 12.3 Å². The van der Waals surface area contributed by atoms with Gasteiger partial charge in [-0.1, -0.05) is 0 Å². The highest BCUT2D eigenvalue weighted by atomic mass is 16.2. The minimum absolute atomic E-state index is 0.0698. The fourth-order valence-corrected chi connectivity index (χ4v) is 1.42. The first-order chi connectivity index (χ1) is 7.10. The molecule has 1 aromatic heterocycles. The van der Waals surface area contributed by atoms with E-state index in [4.69, 9.17) is 5.26 Å². The van der Waals surface area contributed by atoms with Gasteiger partial charge in [-0.15, -0.1) is 0 Å². The Morgan fingerprint density at radius 1 is 1.67 bits per heavy atom. The number of rotatable bonds is 2. The van der Waals surface area contributed by atoms with Gasteiger partial charge in [0.1, 0.15) is 6.07 Å². The van der Waals surface area contributed by atoms with Crippen LogP contribution in [-0.2, 0) is 4.79 Å². The summed E-state index contributed by atoms with van der Waals surface area (Å²) in [5.41, 5.74) is 1.86. The first-order valence-corrected chi connectivity index (χ1v) is 4.75. The summed E-state index contributed by atoms with van der Waals surface area (Å²) >= 11 is 0. The molecule has 0 aliphatic heterocycles. The molecular formula is C11H13N3O. The summed E-state index contributed by atoms with van der Waals surface area (Å²) in [7, 11) is 0. The molecule has 0 radical (unpaired) electrons. The van der Waals surface area contributed by atoms with Crippen LogP contribution in [0.5, 0.6) is 0 Å². The summed E-state index contributed by atoms with van der Waals surface area (Å²) in [6.45, 7) is 5.74. The number of nitrogens with zero attached hydrogens (tertiary/aromatic N) is 3. The quantitative estimate of drug-likeness (QED) is 0.734. The Labute approximate surface area is 89.2 Å². The number of hydrogen-bond donors (Lipinski definition) is 0. The molecule has 15 heavy (non-hydrogen) atoms. The molecule has 0 aliphatic rings. The average Bonchev–Trinajstić information content (AvgIpc) is 2.18. The van der Waals surface area contributed by atoms with Crippen molar-refractivity contribution in [1.29, 1.82) is 5.26 Å². The number of carbonyl (C=O) groups is 1. The van der Waals surface area contributed by atoms with Crippen LogP contribution in [0.4, 0.5) is 5.69 Å². The van der Waals surface area contributed by atoms with Crippen LogP contribution in [0.2, 0.25) is 0 Å². The molecule has 4 heteroatoms. The van der Waals surface area contributed by atoms with E-state index in [9.17, 15) is 4.79 Å². The van der Waals surface area contributed by atoms with Gasteiger partial charge in [0.15, 0.2) is 0 Å². The Bertz CT molecular complexity index is 420. The van der Waals surface area contributed by atoms with Crippen LogP contribution in [0.25, 0.3) is 0 Å². The lowest BCUT2D eigenvalue weighted by molar-refractivity contribution is -0.116. The van der Waals surface area contributed by atoms with Crippen molar-refractivity contribution in [2.75, 3.05) is 11.4 Å². The van der Waals surface area contributed by atoms with Crippen LogP contribution in [0.3, 0.4) is 0 Å². The third kappa shape index (κ3) is 2.32. The van der Waals surface area contributed by atoms with Crippen LogP contribution in [0.1, 0.15) is 25.1 Å². The lowest BCUT2D eigenvalue weighted by Crippen LogP contribution is -2.28. The zero-order chi connectivity index (χ0) is 11.4. The third-order valence-electron chi connectivity index (χ3n) is 2.13. The highest BCUT2D eigenvalue weighted by molar-refractivity contribution is 5.92. The third-order valence-corrected chi connectivity index (χ3v) is 2.13. The molecule has 0 saturated carbocycles. The van der Waals surface area contributed by atoms with E-state index in [2.05, 4.69) is 4.98 Å². The van der Waals surface area contributed by atoms with E-state index in [0.29, 0.717) is 17.8 Å². The van der Waals surface area contributed by atoms with Crippen molar-refractivity contribution in [1.82, 2.24) is 4.98 Å². The largest absolute Gasteiger partial charge is 0.311 e. The van der Waals surface area contributed by atoms with Crippen molar-refractivity contribution in [3.05, 3.63) is 23.5 Å². The molecule has 1 aromatic rings. The fraction of sp³-hybridized carbons (Fsp3) is 0.364. The van der Waals surface area contributed by atoms with Crippen molar-refractivity contribution >= 4 is 11.6 Å². The monoisotopic (exact) mass is 203 g/mol. The minimum atomic E-state index is -0.0698. The maximum atomic E-state index is 11.4. The Balaban J connectivity index is 3.27. The summed E-state index contributed by atoms with van der Waals surface area (Å²) in [6.07, 6.45) is 1.50. The first kappa shape index (κ1) is 11.2. The molecule has 1 heterocycles. The maximum Gasteiger partial charge on any atom is 0.223 e. The topological polar surface area (TPSA) is 57.0 Å². The smallest absolute Gasteiger partial charge is 0.223 e. The number of anilines is 1. The van der Waals surface area contributed by atoms with Gasteiger partial charge in [-0.2, -0.15) is 5.26 Å². The van der Waals surface area contributed by atoms with Crippen LogP contribution >= 0.6 is 0 Å². The SMILES string of the molecule is CCN(C(C)=O)c1cc(C)ncc1C#N. The molecule has 0 fully saturated rings. The number of aromatic nitrogens is 1. The van der Waals surface area contributed by atoms with Crippen molar-refractivity contribution in [3.8, 4) is 6.07 Å². The number of nitriles is 1. The maximum absolute atomic E-state index is 11.4. The Morgan fingerprint density at radius 3 is 2.80 bits per heavy atom. The summed E-state index contributed by atoms with van der Waals surface area (Å²) in [5.74, 6) is -0.0698. The van der Waals surface area contributed by atoms with Gasteiger partial charge in [0.25, 0.3) is 0 Å². The fourth-order valence-electron chi connectivity index (χ4n) is 1.42. The molecule has 1 rings (SSSR count). The summed E-state index contributed by atoms with van der Waals surface area (Å²) in [4.78, 5) is 16.9. The molecule has 0 atom stereocenters. The number of carbonyl (C=O) groups excluding carboxylic acids is 1. The van der Waals surface area contributed by atoms with Gasteiger partial charge >= 0.3 is 0 Å². The molecule has 0 aromatic carbocycles. The van der Waals surface area contributed by atoms with E-state index in [1.807, 2.05) is 19.9 Å². The lowest BCUT2D eigenvalue weighted by atomic mass is 10.2. The summed E-state index contributed by atoms with van der Waals surface area (Å²) in [5, 5.41) is 8.91. The number of amides is 1. The van der Waals surface area contributed by atoms with Crippen molar-refractivity contribution in [2.24, 2.45) is 0 Å². The second kappa shape index (κ2) is 4.56. The Morgan fingerprint density at radius 2 is 2.33 bits per heavy atom. The molecule has 0 bridgehead atoms. The van der Waals surface area contributed by atoms with E-state index >= 15 is 0 Å². The molecule has 0 spiro atoms. The second-order valence-electron chi connectivity index (χ2n) is 3.22. The van der Waals surface area contributed by atoms with Crippen molar-refractivity contribution in [2.45, 2.75) is 20.8 Å². The average molecular weight is 203 g/mol. The normalized spacial score (nSPS) is 9.47. The predicted molar refractivity (Wildman–Crippen MR) is 57.4 cm³/mol. The van der Waals surface area contributed by atoms with Gasteiger partial charge in [0, 0.05) is 25.4 Å². The predicted octanol–water partition coefficient (Wildman–Crippen LogP) is 1.63. The zero-order valence-corrected chi connectivity index (χ0v) is 9.11. The van der Waals surface area contributed by atoms with E-state index in [1.54, 1.807) is 11.0 Å². The number of aryl methyl sites for hydroxylation is 1. The van der Waals surface area contributed by atoms with Gasteiger partial charge in [0.2, 0.25) is 5.91 Å². The molecule has 0 unspecified atom stereocenters. The molecule has 0 N–H and O–H groups in total. The molecule has 0 saturated heterocycles. The van der Waals surface area contributed by atoms with E-state index in [-0.39, 0.29) is 5.91 Å². The summed E-state index contributed by atoms with van der Waals surface area (Å²) < 4.78 is 0. The molecule has 0 aliphatic carbocycles. The van der Waals surface area contributed by atoms with Gasteiger partial charge in [-0.3, -0.25) is 9.78 Å². The van der Waals surface area contributed by atoms with Gasteiger partial charge in [-0.25, -0.2) is 0 Å². The minimum Gasteiger partial charge on any atom is -0.311 e. The van der Waals surface area contributed by atoms with E-state index in [0.717, 1.165) is 5.69 Å². The van der Waals surface area contributed by atoms with Gasteiger partial charge in [-0.05, 0) is 19.9 Å². The highest BCUT2D eigenvalue weighted by Gasteiger charge is 2.13. The standard InChI is InChI=1S/C11H13N3O/c1-4-14(9(3)15)11-5-8(2)13-7-10(11)6-12/h5,7H,4H2,1-3H3. The Kier molecular flexibility index (Phi) is 3.40. The molecule has 78 valence electrons. The Hall–Kier alpha value is -1.89. The molecular weight excluding hydrogens is 190 g/mol. The molecule has 1 amide bonds. The van der Waals surface area contributed by atoms with Crippen molar-refractivity contribution < 1.29 is 4.79 Å². The van der Waals surface area contributed by atoms with Crippen molar-refractivity contribution in [3.63, 3.8) is 0 Å². The van der Waals surface area contributed by atoms with Crippen LogP contribution in [-0.4, -0.2) is 17.4 Å². The number of pyridine rings is 1. The van der Waals surface area contributed by atoms with Gasteiger partial charge in [0.05, 0.1) is 11.3 Å². The zero-order valence-electron chi connectivity index (χ0n) is 9.11. The highest BCUT2D eigenvalue weighted by Crippen LogP contribution is 2.20. The van der Waals surface area contributed by atoms with E-state index < -0.39 is 0 Å². The number of hydrogen-bond acceptors (Lipinski definition) is 3. The first-order valence-electron chi connectivity index (χ1n) is 4.75. The van der Waals surface area contributed by atoms with Crippen LogP contribution in [0, 0.1) is 18.3 Å². The van der Waals surface area contributed by atoms with Crippen LogP contribution < -0.4 is 4.90 Å². The van der Waals surface area contributed by atoms with E-state index in [1.165, 1.54) is 13.1 Å².